The van der Waals surface area contributed by atoms with Crippen LogP contribution in [0.2, 0.25) is 0 Å². The van der Waals surface area contributed by atoms with Crippen molar-refractivity contribution in [3.8, 4) is 0 Å². The largest absolute Gasteiger partial charge is 0.418 e. The van der Waals surface area contributed by atoms with E-state index in [1.54, 1.807) is 4.90 Å². The summed E-state index contributed by atoms with van der Waals surface area (Å²) in [5.41, 5.74) is 0.875. The molecule has 1 aliphatic rings. The molecule has 0 aromatic heterocycles. The number of rotatable bonds is 9. The predicted molar refractivity (Wildman–Crippen MR) is 96.3 cm³/mol. The summed E-state index contributed by atoms with van der Waals surface area (Å²) in [6.45, 7) is 4.81. The number of hydrogen-bond donors (Lipinski definition) is 1. The zero-order valence-electron chi connectivity index (χ0n) is 14.7. The molecule has 24 heavy (non-hydrogen) atoms. The highest BCUT2D eigenvalue weighted by atomic mass is 16.7. The number of carbonyl (C=O) groups is 1. The molecule has 134 valence electrons. The van der Waals surface area contributed by atoms with Crippen LogP contribution >= 0.6 is 0 Å². The van der Waals surface area contributed by atoms with E-state index in [2.05, 4.69) is 12.2 Å². The van der Waals surface area contributed by atoms with Crippen LogP contribution in [-0.2, 0) is 9.47 Å². The van der Waals surface area contributed by atoms with Gasteiger partial charge in [-0.1, -0.05) is 57.2 Å². The second-order valence-corrected chi connectivity index (χ2v) is 6.14. The van der Waals surface area contributed by atoms with E-state index in [0.717, 1.165) is 25.1 Å². The van der Waals surface area contributed by atoms with Crippen LogP contribution in [0, 0.1) is 0 Å². The molecule has 1 aliphatic heterocycles. The third kappa shape index (κ3) is 6.49. The molecule has 0 bridgehead atoms. The fraction of sp³-hybridized carbons (Fsp3) is 0.632. The number of morpholine rings is 1. The molecule has 1 unspecified atom stereocenters. The van der Waals surface area contributed by atoms with Gasteiger partial charge in [-0.15, -0.1) is 0 Å². The minimum atomic E-state index is -0.498. The van der Waals surface area contributed by atoms with Crippen LogP contribution in [0.25, 0.3) is 0 Å². The molecular weight excluding hydrogens is 304 g/mol. The molecule has 5 heteroatoms. The number of amides is 1. The highest BCUT2D eigenvalue weighted by Crippen LogP contribution is 2.17. The molecule has 0 saturated carbocycles. The van der Waals surface area contributed by atoms with Gasteiger partial charge in [0.25, 0.3) is 0 Å². The number of hydrogen-bond acceptors (Lipinski definition) is 4. The molecule has 1 atom stereocenters. The third-order valence-corrected chi connectivity index (χ3v) is 4.15. The van der Waals surface area contributed by atoms with Gasteiger partial charge < -0.3 is 14.8 Å². The number of unbranched alkanes of at least 4 members (excludes halogenated alkanes) is 5. The number of para-hydroxylation sites is 1. The van der Waals surface area contributed by atoms with E-state index in [9.17, 15) is 4.79 Å². The van der Waals surface area contributed by atoms with Gasteiger partial charge in [0.05, 0.1) is 13.2 Å². The fourth-order valence-corrected chi connectivity index (χ4v) is 2.78. The number of nitrogens with zero attached hydrogens (tertiary/aromatic N) is 1. The summed E-state index contributed by atoms with van der Waals surface area (Å²) < 4.78 is 11.0. The van der Waals surface area contributed by atoms with Crippen LogP contribution in [-0.4, -0.2) is 38.6 Å². The lowest BCUT2D eigenvalue weighted by Crippen LogP contribution is -2.44. The maximum absolute atomic E-state index is 12.6. The van der Waals surface area contributed by atoms with Crippen LogP contribution in [0.15, 0.2) is 30.3 Å². The van der Waals surface area contributed by atoms with Crippen molar-refractivity contribution in [2.45, 2.75) is 51.7 Å². The van der Waals surface area contributed by atoms with Gasteiger partial charge in [-0.25, -0.2) is 4.79 Å². The van der Waals surface area contributed by atoms with Crippen molar-refractivity contribution in [1.29, 1.82) is 0 Å². The van der Waals surface area contributed by atoms with E-state index in [0.29, 0.717) is 19.7 Å². The van der Waals surface area contributed by atoms with Crippen molar-refractivity contribution in [2.75, 3.05) is 31.1 Å². The lowest BCUT2D eigenvalue weighted by molar-refractivity contribution is -0.114. The van der Waals surface area contributed by atoms with Crippen LogP contribution in [0.3, 0.4) is 0 Å². The first-order chi connectivity index (χ1) is 11.8. The summed E-state index contributed by atoms with van der Waals surface area (Å²) in [4.78, 5) is 14.3. The average Bonchev–Trinajstić information content (AvgIpc) is 2.62. The summed E-state index contributed by atoms with van der Waals surface area (Å²) >= 11 is 0. The van der Waals surface area contributed by atoms with Crippen molar-refractivity contribution in [1.82, 2.24) is 5.32 Å². The Morgan fingerprint density at radius 3 is 2.67 bits per heavy atom. The van der Waals surface area contributed by atoms with Gasteiger partial charge >= 0.3 is 6.09 Å². The van der Waals surface area contributed by atoms with Crippen LogP contribution < -0.4 is 10.2 Å². The fourth-order valence-electron chi connectivity index (χ4n) is 2.78. The van der Waals surface area contributed by atoms with Crippen LogP contribution in [0.5, 0.6) is 0 Å². The van der Waals surface area contributed by atoms with Gasteiger partial charge in [-0.3, -0.25) is 4.90 Å². The molecule has 1 aromatic rings. The molecule has 0 spiro atoms. The van der Waals surface area contributed by atoms with Crippen LogP contribution in [0.4, 0.5) is 10.5 Å². The summed E-state index contributed by atoms with van der Waals surface area (Å²) in [6.07, 6.45) is 6.32. The Hall–Kier alpha value is -1.59. The Morgan fingerprint density at radius 2 is 1.96 bits per heavy atom. The molecular formula is C19H30N2O3. The minimum absolute atomic E-state index is 0.330. The second kappa shape index (κ2) is 11.0. The number of carbonyl (C=O) groups excluding carboxylic acids is 1. The molecule has 1 saturated heterocycles. The van der Waals surface area contributed by atoms with Gasteiger partial charge in [-0.2, -0.15) is 0 Å². The van der Waals surface area contributed by atoms with E-state index >= 15 is 0 Å². The zero-order chi connectivity index (χ0) is 17.0. The van der Waals surface area contributed by atoms with Gasteiger partial charge in [0.15, 0.2) is 0 Å². The zero-order valence-corrected chi connectivity index (χ0v) is 14.7. The molecule has 1 fully saturated rings. The first kappa shape index (κ1) is 18.7. The molecule has 0 aliphatic carbocycles. The van der Waals surface area contributed by atoms with E-state index in [1.165, 1.54) is 25.7 Å². The molecule has 1 amide bonds. The Balaban J connectivity index is 1.86. The van der Waals surface area contributed by atoms with Gasteiger partial charge in [-0.05, 0) is 18.6 Å². The van der Waals surface area contributed by atoms with E-state index in [1.807, 2.05) is 30.3 Å². The molecule has 0 radical (unpaired) electrons. The molecule has 5 nitrogen and oxygen atoms in total. The third-order valence-electron chi connectivity index (χ3n) is 4.15. The quantitative estimate of drug-likeness (QED) is 0.695. The van der Waals surface area contributed by atoms with Crippen molar-refractivity contribution in [3.63, 3.8) is 0 Å². The summed E-state index contributed by atoms with van der Waals surface area (Å²) in [6, 6.07) is 9.72. The van der Waals surface area contributed by atoms with E-state index in [4.69, 9.17) is 9.47 Å². The number of ether oxygens (including phenoxy) is 2. The van der Waals surface area contributed by atoms with Crippen LogP contribution in [0.1, 0.15) is 45.4 Å². The van der Waals surface area contributed by atoms with Crippen molar-refractivity contribution in [2.24, 2.45) is 0 Å². The second-order valence-electron chi connectivity index (χ2n) is 6.14. The highest BCUT2D eigenvalue weighted by molar-refractivity contribution is 5.87. The molecule has 1 N–H and O–H groups in total. The highest BCUT2D eigenvalue weighted by Gasteiger charge is 2.23. The predicted octanol–water partition coefficient (Wildman–Crippen LogP) is 3.94. The van der Waals surface area contributed by atoms with Crippen molar-refractivity contribution in [3.05, 3.63) is 30.3 Å². The average molecular weight is 334 g/mol. The first-order valence-corrected chi connectivity index (χ1v) is 9.16. The van der Waals surface area contributed by atoms with Gasteiger partial charge in [0.1, 0.15) is 0 Å². The normalized spacial score (nSPS) is 17.5. The number of nitrogens with one attached hydrogen (secondary N) is 1. The lowest BCUT2D eigenvalue weighted by Gasteiger charge is -2.28. The maximum Gasteiger partial charge on any atom is 0.416 e. The molecule has 2 rings (SSSR count). The van der Waals surface area contributed by atoms with Gasteiger partial charge in [0.2, 0.25) is 6.29 Å². The standard InChI is InChI=1S/C19H30N2O3/c1-2-3-4-5-6-10-14-21(17-11-8-7-9-12-17)19(22)24-18-16-20-13-15-23-18/h7-9,11-12,18,20H,2-6,10,13-16H2,1H3. The summed E-state index contributed by atoms with van der Waals surface area (Å²) in [7, 11) is 0. The topological polar surface area (TPSA) is 50.8 Å². The molecule has 1 aromatic carbocycles. The Kier molecular flexibility index (Phi) is 8.63. The number of anilines is 1. The van der Waals surface area contributed by atoms with E-state index in [-0.39, 0.29) is 6.09 Å². The lowest BCUT2D eigenvalue weighted by atomic mass is 10.1. The Bertz CT molecular complexity index is 461. The summed E-state index contributed by atoms with van der Waals surface area (Å²) in [5.74, 6) is 0. The smallest absolute Gasteiger partial charge is 0.416 e. The maximum atomic E-state index is 12.6. The van der Waals surface area contributed by atoms with Crippen molar-refractivity contribution < 1.29 is 14.3 Å². The Labute approximate surface area is 145 Å². The van der Waals surface area contributed by atoms with Crippen molar-refractivity contribution >= 4 is 11.8 Å². The monoisotopic (exact) mass is 334 g/mol. The van der Waals surface area contributed by atoms with Gasteiger partial charge in [0, 0.05) is 18.8 Å². The number of benzene rings is 1. The first-order valence-electron chi connectivity index (χ1n) is 9.16. The van der Waals surface area contributed by atoms with E-state index < -0.39 is 6.29 Å². The SMILES string of the molecule is CCCCCCCCN(C(=O)OC1CNCCO1)c1ccccc1. The molecule has 1 heterocycles. The minimum Gasteiger partial charge on any atom is -0.418 e. The Morgan fingerprint density at radius 1 is 1.21 bits per heavy atom. The summed E-state index contributed by atoms with van der Waals surface area (Å²) in [5, 5.41) is 3.17.